The third kappa shape index (κ3) is 4.00. The summed E-state index contributed by atoms with van der Waals surface area (Å²) in [7, 11) is 1.69. The highest BCUT2D eigenvalue weighted by Crippen LogP contribution is 2.24. The molecule has 0 spiro atoms. The molecule has 0 radical (unpaired) electrons. The Hall–Kier alpha value is -2.80. The van der Waals surface area contributed by atoms with E-state index in [2.05, 4.69) is 5.32 Å². The van der Waals surface area contributed by atoms with Gasteiger partial charge >= 0.3 is 6.03 Å². The molecule has 1 atom stereocenters. The Bertz CT molecular complexity index is 745. The quantitative estimate of drug-likeness (QED) is 0.930. The normalized spacial score (nSPS) is 17.2. The van der Waals surface area contributed by atoms with Gasteiger partial charge in [0.25, 0.3) is 0 Å². The number of furan rings is 1. The molecular formula is C18H21N3O4. The van der Waals surface area contributed by atoms with Crippen molar-refractivity contribution in [2.45, 2.75) is 13.0 Å². The summed E-state index contributed by atoms with van der Waals surface area (Å²) < 4.78 is 11.0. The lowest BCUT2D eigenvalue weighted by molar-refractivity contribution is -0.116. The highest BCUT2D eigenvalue weighted by molar-refractivity contribution is 5.93. The second kappa shape index (κ2) is 7.40. The molecule has 7 heteroatoms. The van der Waals surface area contributed by atoms with E-state index in [4.69, 9.17) is 9.15 Å². The zero-order valence-corrected chi connectivity index (χ0v) is 14.3. The van der Waals surface area contributed by atoms with Crippen LogP contribution in [0.3, 0.4) is 0 Å². The first kappa shape index (κ1) is 17.0. The Morgan fingerprint density at radius 1 is 1.28 bits per heavy atom. The topological polar surface area (TPSA) is 75.0 Å². The number of carbonyl (C=O) groups is 2. The maximum absolute atomic E-state index is 12.5. The summed E-state index contributed by atoms with van der Waals surface area (Å²) in [6.45, 7) is 2.88. The van der Waals surface area contributed by atoms with Crippen LogP contribution < -0.4 is 10.2 Å². The van der Waals surface area contributed by atoms with Crippen molar-refractivity contribution in [2.75, 3.05) is 37.0 Å². The van der Waals surface area contributed by atoms with E-state index in [0.717, 1.165) is 5.69 Å². The molecule has 1 aromatic heterocycles. The number of amides is 3. The van der Waals surface area contributed by atoms with E-state index < -0.39 is 0 Å². The van der Waals surface area contributed by atoms with E-state index in [9.17, 15) is 9.59 Å². The van der Waals surface area contributed by atoms with E-state index in [1.54, 1.807) is 42.5 Å². The van der Waals surface area contributed by atoms with Crippen LogP contribution in [0.1, 0.15) is 18.8 Å². The fourth-order valence-electron chi connectivity index (χ4n) is 2.66. The molecule has 1 saturated heterocycles. The first-order valence-electron chi connectivity index (χ1n) is 8.10. The lowest BCUT2D eigenvalue weighted by Crippen LogP contribution is -2.44. The molecule has 1 aliphatic rings. The van der Waals surface area contributed by atoms with Crippen LogP contribution >= 0.6 is 0 Å². The number of benzene rings is 1. The molecular weight excluding hydrogens is 322 g/mol. The molecule has 1 fully saturated rings. The van der Waals surface area contributed by atoms with Gasteiger partial charge in [0, 0.05) is 31.9 Å². The van der Waals surface area contributed by atoms with Crippen LogP contribution in [0, 0.1) is 0 Å². The van der Waals surface area contributed by atoms with Crippen LogP contribution in [0.5, 0.6) is 0 Å². The van der Waals surface area contributed by atoms with E-state index in [1.807, 2.05) is 12.1 Å². The number of hydrogen-bond donors (Lipinski definition) is 1. The Morgan fingerprint density at radius 2 is 2.12 bits per heavy atom. The van der Waals surface area contributed by atoms with Gasteiger partial charge in [0.15, 0.2) is 0 Å². The fourth-order valence-corrected chi connectivity index (χ4v) is 2.66. The van der Waals surface area contributed by atoms with E-state index in [0.29, 0.717) is 31.1 Å². The summed E-state index contributed by atoms with van der Waals surface area (Å²) in [5.41, 5.74) is 1.36. The number of morpholine rings is 1. The maximum Gasteiger partial charge on any atom is 0.322 e. The number of ether oxygens (including phenoxy) is 1. The molecule has 0 saturated carbocycles. The zero-order valence-electron chi connectivity index (χ0n) is 14.3. The predicted octanol–water partition coefficient (Wildman–Crippen LogP) is 2.87. The van der Waals surface area contributed by atoms with Crippen molar-refractivity contribution in [1.29, 1.82) is 0 Å². The van der Waals surface area contributed by atoms with Crippen molar-refractivity contribution < 1.29 is 18.7 Å². The Morgan fingerprint density at radius 3 is 2.84 bits per heavy atom. The van der Waals surface area contributed by atoms with Crippen molar-refractivity contribution in [1.82, 2.24) is 4.90 Å². The van der Waals surface area contributed by atoms with Gasteiger partial charge in [-0.3, -0.25) is 4.79 Å². The van der Waals surface area contributed by atoms with Gasteiger partial charge in [0.2, 0.25) is 5.91 Å². The molecule has 1 N–H and O–H groups in total. The molecule has 7 nitrogen and oxygen atoms in total. The fraction of sp³-hybridized carbons (Fsp3) is 0.333. The van der Waals surface area contributed by atoms with Gasteiger partial charge in [-0.1, -0.05) is 6.07 Å². The van der Waals surface area contributed by atoms with Gasteiger partial charge in [-0.15, -0.1) is 0 Å². The van der Waals surface area contributed by atoms with Gasteiger partial charge in [0.1, 0.15) is 11.9 Å². The average Bonchev–Trinajstić information content (AvgIpc) is 3.16. The summed E-state index contributed by atoms with van der Waals surface area (Å²) in [5.74, 6) is 0.639. The highest BCUT2D eigenvalue weighted by atomic mass is 16.5. The van der Waals surface area contributed by atoms with Crippen LogP contribution in [0.2, 0.25) is 0 Å². The monoisotopic (exact) mass is 343 g/mol. The van der Waals surface area contributed by atoms with Crippen LogP contribution in [0.15, 0.2) is 47.1 Å². The molecule has 3 amide bonds. The number of urea groups is 1. The Labute approximate surface area is 146 Å². The summed E-state index contributed by atoms with van der Waals surface area (Å²) in [5, 5.41) is 2.87. The number of hydrogen-bond acceptors (Lipinski definition) is 4. The van der Waals surface area contributed by atoms with E-state index in [1.165, 1.54) is 11.8 Å². The minimum Gasteiger partial charge on any atom is -0.467 e. The van der Waals surface area contributed by atoms with Gasteiger partial charge in [-0.2, -0.15) is 0 Å². The Balaban J connectivity index is 1.66. The molecule has 0 aliphatic carbocycles. The van der Waals surface area contributed by atoms with Crippen LogP contribution in [0.4, 0.5) is 16.2 Å². The molecule has 1 aliphatic heterocycles. The second-order valence-corrected chi connectivity index (χ2v) is 5.88. The first-order valence-corrected chi connectivity index (χ1v) is 8.10. The lowest BCUT2D eigenvalue weighted by atomic mass is 10.2. The SMILES string of the molecule is CC(=O)N(C)c1cccc(NC(=O)N2CCO[C@H](c3ccco3)C2)c1. The molecule has 3 rings (SSSR count). The maximum atomic E-state index is 12.5. The number of carbonyl (C=O) groups excluding carboxylic acids is 2. The largest absolute Gasteiger partial charge is 0.467 e. The van der Waals surface area contributed by atoms with Crippen molar-refractivity contribution >= 4 is 23.3 Å². The number of nitrogens with one attached hydrogen (secondary N) is 1. The van der Waals surface area contributed by atoms with Gasteiger partial charge in [-0.05, 0) is 30.3 Å². The van der Waals surface area contributed by atoms with Crippen molar-refractivity contribution in [3.63, 3.8) is 0 Å². The first-order chi connectivity index (χ1) is 12.0. The summed E-state index contributed by atoms with van der Waals surface area (Å²) >= 11 is 0. The molecule has 132 valence electrons. The van der Waals surface area contributed by atoms with Crippen LogP contribution in [-0.2, 0) is 9.53 Å². The van der Waals surface area contributed by atoms with Crippen LogP contribution in [-0.4, -0.2) is 43.6 Å². The molecule has 0 unspecified atom stereocenters. The van der Waals surface area contributed by atoms with E-state index >= 15 is 0 Å². The minimum atomic E-state index is -0.260. The number of rotatable bonds is 3. The zero-order chi connectivity index (χ0) is 17.8. The molecule has 1 aromatic carbocycles. The van der Waals surface area contributed by atoms with Crippen molar-refractivity contribution in [3.05, 3.63) is 48.4 Å². The van der Waals surface area contributed by atoms with E-state index in [-0.39, 0.29) is 18.0 Å². The molecule has 0 bridgehead atoms. The standard InChI is InChI=1S/C18H21N3O4/c1-13(22)20(2)15-6-3-5-14(11-15)19-18(23)21-8-10-25-17(12-21)16-7-4-9-24-16/h3-7,9,11,17H,8,10,12H2,1-2H3,(H,19,23)/t17-/m0/s1. The highest BCUT2D eigenvalue weighted by Gasteiger charge is 2.27. The molecule has 2 heterocycles. The minimum absolute atomic E-state index is 0.0713. The third-order valence-electron chi connectivity index (χ3n) is 4.17. The molecule has 25 heavy (non-hydrogen) atoms. The number of anilines is 2. The predicted molar refractivity (Wildman–Crippen MR) is 93.5 cm³/mol. The lowest BCUT2D eigenvalue weighted by Gasteiger charge is -2.32. The smallest absolute Gasteiger partial charge is 0.322 e. The third-order valence-corrected chi connectivity index (χ3v) is 4.17. The van der Waals surface area contributed by atoms with Gasteiger partial charge in [0.05, 0.1) is 19.4 Å². The summed E-state index contributed by atoms with van der Waals surface area (Å²) in [4.78, 5) is 27.2. The second-order valence-electron chi connectivity index (χ2n) is 5.88. The van der Waals surface area contributed by atoms with Crippen molar-refractivity contribution in [3.8, 4) is 0 Å². The van der Waals surface area contributed by atoms with Crippen molar-refractivity contribution in [2.24, 2.45) is 0 Å². The summed E-state index contributed by atoms with van der Waals surface area (Å²) in [6.07, 6.45) is 1.33. The van der Waals surface area contributed by atoms with Gasteiger partial charge in [-0.25, -0.2) is 4.79 Å². The van der Waals surface area contributed by atoms with Crippen LogP contribution in [0.25, 0.3) is 0 Å². The summed E-state index contributed by atoms with van der Waals surface area (Å²) in [6, 6.07) is 10.6. The van der Waals surface area contributed by atoms with Gasteiger partial charge < -0.3 is 24.3 Å². The Kier molecular flexibility index (Phi) is 5.04. The number of nitrogens with zero attached hydrogens (tertiary/aromatic N) is 2. The average molecular weight is 343 g/mol. The molecule has 2 aromatic rings.